The van der Waals surface area contributed by atoms with Crippen molar-refractivity contribution in [2.45, 2.75) is 19.4 Å². The minimum absolute atomic E-state index is 0.0596. The number of anilines is 1. The van der Waals surface area contributed by atoms with Gasteiger partial charge in [0.15, 0.2) is 0 Å². The second kappa shape index (κ2) is 5.72. The zero-order chi connectivity index (χ0) is 14.7. The number of rotatable bonds is 3. The van der Waals surface area contributed by atoms with E-state index in [1.165, 1.54) is 12.4 Å². The maximum atomic E-state index is 11.0. The molecule has 0 aromatic carbocycles. The smallest absolute Gasteiger partial charge is 0.404 e. The number of carbonyl (C=O) groups is 1. The lowest BCUT2D eigenvalue weighted by Crippen LogP contribution is -2.50. The number of carboxylic acid groups (broad SMARTS) is 1. The van der Waals surface area contributed by atoms with Crippen molar-refractivity contribution in [2.75, 3.05) is 18.0 Å². The Morgan fingerprint density at radius 2 is 2.35 bits per heavy atom. The van der Waals surface area contributed by atoms with E-state index in [0.29, 0.717) is 18.8 Å². The van der Waals surface area contributed by atoms with Gasteiger partial charge in [-0.1, -0.05) is 6.92 Å². The van der Waals surface area contributed by atoms with E-state index in [4.69, 9.17) is 5.11 Å². The van der Waals surface area contributed by atoms with Crippen molar-refractivity contribution >= 4 is 17.5 Å². The van der Waals surface area contributed by atoms with Crippen molar-refractivity contribution in [1.82, 2.24) is 10.3 Å². The average molecular weight is 280 g/mol. The van der Waals surface area contributed by atoms with Crippen molar-refractivity contribution in [3.8, 4) is 0 Å². The summed E-state index contributed by atoms with van der Waals surface area (Å²) in [5.41, 5.74) is 0.421. The van der Waals surface area contributed by atoms with Gasteiger partial charge in [0.1, 0.15) is 11.9 Å². The van der Waals surface area contributed by atoms with Gasteiger partial charge in [-0.2, -0.15) is 0 Å². The first-order chi connectivity index (χ1) is 9.47. The van der Waals surface area contributed by atoms with E-state index < -0.39 is 11.0 Å². The van der Waals surface area contributed by atoms with E-state index in [2.05, 4.69) is 10.3 Å². The summed E-state index contributed by atoms with van der Waals surface area (Å²) in [5.74, 6) is 0.244. The van der Waals surface area contributed by atoms with Gasteiger partial charge in [-0.3, -0.25) is 15.1 Å². The lowest BCUT2D eigenvalue weighted by Gasteiger charge is -2.37. The molecule has 1 aliphatic rings. The average Bonchev–Trinajstić information content (AvgIpc) is 2.37. The molecule has 8 nitrogen and oxygen atoms in total. The quantitative estimate of drug-likeness (QED) is 0.641. The molecule has 1 aromatic heterocycles. The highest BCUT2D eigenvalue weighted by Gasteiger charge is 2.29. The number of hydrogen-bond acceptors (Lipinski definition) is 5. The molecule has 2 heterocycles. The Hall–Kier alpha value is -2.38. The molecule has 2 atom stereocenters. The Kier molecular flexibility index (Phi) is 4.02. The Labute approximate surface area is 115 Å². The first-order valence-corrected chi connectivity index (χ1v) is 6.30. The number of hydrogen-bond donors (Lipinski definition) is 2. The number of amides is 1. The third-order valence-electron chi connectivity index (χ3n) is 3.30. The molecule has 2 N–H and O–H groups in total. The standard InChI is InChI=1S/C12H16N4O4/c1-8-4-9(14-12(17)18)7-15(6-8)10-2-3-13-5-11(10)16(19)20/h2-3,5,8-9,14H,4,6-7H2,1H3,(H,17,18)/t8-,9+/m0/s1. The van der Waals surface area contributed by atoms with Gasteiger partial charge < -0.3 is 15.3 Å². The minimum atomic E-state index is -1.08. The molecule has 1 saturated heterocycles. The van der Waals surface area contributed by atoms with Crippen LogP contribution in [-0.2, 0) is 0 Å². The largest absolute Gasteiger partial charge is 0.465 e. The molecule has 0 unspecified atom stereocenters. The van der Waals surface area contributed by atoms with Gasteiger partial charge >= 0.3 is 11.8 Å². The molecule has 0 aliphatic carbocycles. The third-order valence-corrected chi connectivity index (χ3v) is 3.30. The maximum absolute atomic E-state index is 11.0. The third kappa shape index (κ3) is 3.14. The summed E-state index contributed by atoms with van der Waals surface area (Å²) in [6.07, 6.45) is 2.37. The van der Waals surface area contributed by atoms with E-state index >= 15 is 0 Å². The second-order valence-corrected chi connectivity index (χ2v) is 5.01. The van der Waals surface area contributed by atoms with Gasteiger partial charge in [0.2, 0.25) is 0 Å². The fourth-order valence-electron chi connectivity index (χ4n) is 2.61. The van der Waals surface area contributed by atoms with Crippen LogP contribution in [0.25, 0.3) is 0 Å². The molecule has 1 aromatic rings. The fourth-order valence-corrected chi connectivity index (χ4v) is 2.61. The van der Waals surface area contributed by atoms with Crippen LogP contribution in [0.1, 0.15) is 13.3 Å². The number of nitro groups is 1. The van der Waals surface area contributed by atoms with Crippen LogP contribution in [-0.4, -0.2) is 40.2 Å². The summed E-state index contributed by atoms with van der Waals surface area (Å²) in [6.45, 7) is 3.07. The van der Waals surface area contributed by atoms with Crippen molar-refractivity contribution in [3.63, 3.8) is 0 Å². The van der Waals surface area contributed by atoms with E-state index in [1.54, 1.807) is 6.07 Å². The summed E-state index contributed by atoms with van der Waals surface area (Å²) < 4.78 is 0. The van der Waals surface area contributed by atoms with Crippen molar-refractivity contribution in [1.29, 1.82) is 0 Å². The normalized spacial score (nSPS) is 22.4. The van der Waals surface area contributed by atoms with Gasteiger partial charge in [0, 0.05) is 25.3 Å². The molecule has 2 rings (SSSR count). The Bertz CT molecular complexity index is 522. The van der Waals surface area contributed by atoms with Crippen molar-refractivity contribution < 1.29 is 14.8 Å². The highest BCUT2D eigenvalue weighted by molar-refractivity contribution is 5.66. The summed E-state index contributed by atoms with van der Waals surface area (Å²) in [7, 11) is 0. The lowest BCUT2D eigenvalue weighted by molar-refractivity contribution is -0.384. The summed E-state index contributed by atoms with van der Waals surface area (Å²) >= 11 is 0. The maximum Gasteiger partial charge on any atom is 0.404 e. The molecular formula is C12H16N4O4. The topological polar surface area (TPSA) is 109 Å². The van der Waals surface area contributed by atoms with Crippen LogP contribution in [0.3, 0.4) is 0 Å². The van der Waals surface area contributed by atoms with E-state index in [1.807, 2.05) is 11.8 Å². The van der Waals surface area contributed by atoms with Gasteiger partial charge in [-0.05, 0) is 18.4 Å². The molecular weight excluding hydrogens is 264 g/mol. The van der Waals surface area contributed by atoms with Crippen LogP contribution in [0.5, 0.6) is 0 Å². The van der Waals surface area contributed by atoms with E-state index in [0.717, 1.165) is 6.42 Å². The molecule has 0 radical (unpaired) electrons. The van der Waals surface area contributed by atoms with Crippen LogP contribution in [0.2, 0.25) is 0 Å². The molecule has 108 valence electrons. The zero-order valence-electron chi connectivity index (χ0n) is 11.0. The first kappa shape index (κ1) is 14.0. The molecule has 0 bridgehead atoms. The highest BCUT2D eigenvalue weighted by Crippen LogP contribution is 2.30. The number of aromatic nitrogens is 1. The van der Waals surface area contributed by atoms with Crippen LogP contribution in [0, 0.1) is 16.0 Å². The zero-order valence-corrected chi connectivity index (χ0v) is 11.0. The van der Waals surface area contributed by atoms with Gasteiger partial charge in [-0.15, -0.1) is 0 Å². The molecule has 1 amide bonds. The molecule has 0 saturated carbocycles. The Balaban J connectivity index is 2.23. The Morgan fingerprint density at radius 1 is 1.60 bits per heavy atom. The van der Waals surface area contributed by atoms with Crippen molar-refractivity contribution in [3.05, 3.63) is 28.6 Å². The second-order valence-electron chi connectivity index (χ2n) is 5.01. The van der Waals surface area contributed by atoms with Crippen molar-refractivity contribution in [2.24, 2.45) is 5.92 Å². The number of piperidine rings is 1. The van der Waals surface area contributed by atoms with Crippen LogP contribution < -0.4 is 10.2 Å². The predicted octanol–water partition coefficient (Wildman–Crippen LogP) is 1.47. The van der Waals surface area contributed by atoms with Gasteiger partial charge in [0.05, 0.1) is 4.92 Å². The molecule has 1 aliphatic heterocycles. The summed E-state index contributed by atoms with van der Waals surface area (Å²) in [4.78, 5) is 26.9. The van der Waals surface area contributed by atoms with Gasteiger partial charge in [0.25, 0.3) is 0 Å². The van der Waals surface area contributed by atoms with E-state index in [-0.39, 0.29) is 17.6 Å². The fraction of sp³-hybridized carbons (Fsp3) is 0.500. The first-order valence-electron chi connectivity index (χ1n) is 6.30. The summed E-state index contributed by atoms with van der Waals surface area (Å²) in [6, 6.07) is 1.36. The lowest BCUT2D eigenvalue weighted by atomic mass is 9.95. The van der Waals surface area contributed by atoms with E-state index in [9.17, 15) is 14.9 Å². The molecule has 8 heteroatoms. The van der Waals surface area contributed by atoms with Crippen LogP contribution in [0.15, 0.2) is 18.5 Å². The molecule has 0 spiro atoms. The number of pyridine rings is 1. The van der Waals surface area contributed by atoms with Crippen LogP contribution >= 0.6 is 0 Å². The number of nitrogens with zero attached hydrogens (tertiary/aromatic N) is 3. The van der Waals surface area contributed by atoms with Crippen LogP contribution in [0.4, 0.5) is 16.2 Å². The summed E-state index contributed by atoms with van der Waals surface area (Å²) in [5, 5.41) is 22.3. The number of nitrogens with one attached hydrogen (secondary N) is 1. The predicted molar refractivity (Wildman–Crippen MR) is 71.8 cm³/mol. The molecule has 20 heavy (non-hydrogen) atoms. The highest BCUT2D eigenvalue weighted by atomic mass is 16.6. The molecule has 1 fully saturated rings. The monoisotopic (exact) mass is 280 g/mol. The van der Waals surface area contributed by atoms with Gasteiger partial charge in [-0.25, -0.2) is 4.79 Å². The Morgan fingerprint density at radius 3 is 3.00 bits per heavy atom. The SMILES string of the molecule is C[C@H]1C[C@@H](NC(=O)O)CN(c2ccncc2[N+](=O)[O-])C1. The minimum Gasteiger partial charge on any atom is -0.465 e.